The van der Waals surface area contributed by atoms with Gasteiger partial charge < -0.3 is 9.47 Å². The Kier molecular flexibility index (Phi) is 5.26. The first-order chi connectivity index (χ1) is 11.5. The number of halogens is 1. The van der Waals surface area contributed by atoms with Crippen molar-refractivity contribution in [1.29, 1.82) is 0 Å². The van der Waals surface area contributed by atoms with Gasteiger partial charge in [0.1, 0.15) is 5.57 Å². The Morgan fingerprint density at radius 3 is 2.83 bits per heavy atom. The van der Waals surface area contributed by atoms with Gasteiger partial charge in [0.25, 0.3) is 11.8 Å². The number of thiocarbonyl (C=S) groups is 1. The molecule has 0 saturated carbocycles. The van der Waals surface area contributed by atoms with E-state index in [1.54, 1.807) is 12.2 Å². The molecule has 0 spiro atoms. The molecule has 2 aliphatic rings. The molecule has 24 heavy (non-hydrogen) atoms. The summed E-state index contributed by atoms with van der Waals surface area (Å²) in [7, 11) is 0. The molecule has 6 nitrogen and oxygen atoms in total. The molecular weight excluding hydrogens is 416 g/mol. The normalized spacial score (nSPS) is 20.8. The molecule has 1 aromatic rings. The molecule has 126 valence electrons. The summed E-state index contributed by atoms with van der Waals surface area (Å²) < 4.78 is 11.9. The lowest BCUT2D eigenvalue weighted by Crippen LogP contribution is -2.53. The van der Waals surface area contributed by atoms with Crippen LogP contribution in [0.5, 0.6) is 0 Å². The van der Waals surface area contributed by atoms with Crippen LogP contribution < -0.4 is 5.32 Å². The summed E-state index contributed by atoms with van der Waals surface area (Å²) >= 11 is 9.88. The molecule has 0 aliphatic carbocycles. The lowest BCUT2D eigenvalue weighted by atomic mass is 10.1. The average molecular weight is 429 g/mol. The van der Waals surface area contributed by atoms with Crippen molar-refractivity contribution in [2.45, 2.75) is 6.29 Å². The summed E-state index contributed by atoms with van der Waals surface area (Å²) in [5, 5.41) is 4.47. The summed E-state index contributed by atoms with van der Waals surface area (Å²) in [6.07, 6.45) is 2.59. The van der Waals surface area contributed by atoms with E-state index in [0.29, 0.717) is 13.2 Å². The zero-order valence-electron chi connectivity index (χ0n) is 12.4. The monoisotopic (exact) mass is 428 g/mol. The highest BCUT2D eigenvalue weighted by molar-refractivity contribution is 9.10. The maximum absolute atomic E-state index is 12.6. The predicted molar refractivity (Wildman–Crippen MR) is 97.3 cm³/mol. The van der Waals surface area contributed by atoms with E-state index in [4.69, 9.17) is 21.7 Å². The van der Waals surface area contributed by atoms with Crippen LogP contribution in [0.1, 0.15) is 16.7 Å². The third-order valence-corrected chi connectivity index (χ3v) is 5.67. The molecule has 0 aromatic carbocycles. The van der Waals surface area contributed by atoms with Crippen molar-refractivity contribution in [3.63, 3.8) is 0 Å². The number of amides is 2. The fraction of sp³-hybridized carbons (Fsp3) is 0.267. The average Bonchev–Trinajstić information content (AvgIpc) is 3.17. The number of nitrogens with zero attached hydrogens (tertiary/aromatic N) is 1. The molecule has 9 heteroatoms. The minimum absolute atomic E-state index is 0.0130. The van der Waals surface area contributed by atoms with Crippen LogP contribution in [0.15, 0.2) is 28.1 Å². The van der Waals surface area contributed by atoms with Gasteiger partial charge in [0.2, 0.25) is 0 Å². The van der Waals surface area contributed by atoms with Gasteiger partial charge in [0.15, 0.2) is 11.4 Å². The standard InChI is InChI=1S/C15H13BrN2O4S2/c1-2-3-18-13(20)8(12(19)17-15(18)23)6-10-11(9(16)7-24-10)14-21-4-5-22-14/h2,6-7,14H,1,3-5H2,(H,17,19,23). The van der Waals surface area contributed by atoms with Gasteiger partial charge in [-0.15, -0.1) is 17.9 Å². The summed E-state index contributed by atoms with van der Waals surface area (Å²) in [6.45, 7) is 4.83. The summed E-state index contributed by atoms with van der Waals surface area (Å²) in [6, 6.07) is 0. The Labute approximate surface area is 156 Å². The van der Waals surface area contributed by atoms with Crippen LogP contribution in [0.3, 0.4) is 0 Å². The molecule has 2 aliphatic heterocycles. The van der Waals surface area contributed by atoms with E-state index in [0.717, 1.165) is 14.9 Å². The van der Waals surface area contributed by atoms with Gasteiger partial charge in [0, 0.05) is 26.8 Å². The maximum atomic E-state index is 12.6. The highest BCUT2D eigenvalue weighted by Gasteiger charge is 2.34. The highest BCUT2D eigenvalue weighted by Crippen LogP contribution is 2.38. The second-order valence-electron chi connectivity index (χ2n) is 4.96. The van der Waals surface area contributed by atoms with Crippen molar-refractivity contribution in [3.8, 4) is 0 Å². The van der Waals surface area contributed by atoms with Gasteiger partial charge in [-0.3, -0.25) is 19.8 Å². The molecule has 0 bridgehead atoms. The van der Waals surface area contributed by atoms with Crippen LogP contribution in [-0.4, -0.2) is 41.6 Å². The van der Waals surface area contributed by atoms with Crippen LogP contribution in [-0.2, 0) is 19.1 Å². The Bertz CT molecular complexity index is 753. The molecule has 0 radical (unpaired) electrons. The third-order valence-electron chi connectivity index (χ3n) is 3.44. The fourth-order valence-electron chi connectivity index (χ4n) is 2.35. The molecule has 0 unspecified atom stereocenters. The van der Waals surface area contributed by atoms with Gasteiger partial charge in [-0.05, 0) is 34.2 Å². The van der Waals surface area contributed by atoms with E-state index in [2.05, 4.69) is 27.8 Å². The van der Waals surface area contributed by atoms with E-state index >= 15 is 0 Å². The fourth-order valence-corrected chi connectivity index (χ4v) is 4.28. The summed E-state index contributed by atoms with van der Waals surface area (Å²) in [5.74, 6) is -0.971. The SMILES string of the molecule is C=CCN1C(=O)C(=Cc2scc(Br)c2C2OCCO2)C(=O)NC1=S. The van der Waals surface area contributed by atoms with Crippen LogP contribution in [0, 0.1) is 0 Å². The molecule has 3 rings (SSSR count). The highest BCUT2D eigenvalue weighted by atomic mass is 79.9. The minimum atomic E-state index is -0.519. The number of carbonyl (C=O) groups is 2. The molecule has 2 saturated heterocycles. The molecule has 1 N–H and O–H groups in total. The smallest absolute Gasteiger partial charge is 0.265 e. The van der Waals surface area contributed by atoms with E-state index in [1.807, 2.05) is 5.38 Å². The maximum Gasteiger partial charge on any atom is 0.265 e. The van der Waals surface area contributed by atoms with Crippen molar-refractivity contribution in [1.82, 2.24) is 10.2 Å². The number of hydrogen-bond acceptors (Lipinski definition) is 6. The third kappa shape index (κ3) is 3.22. The molecule has 3 heterocycles. The minimum Gasteiger partial charge on any atom is -0.346 e. The Morgan fingerprint density at radius 1 is 1.46 bits per heavy atom. The van der Waals surface area contributed by atoms with Gasteiger partial charge >= 0.3 is 0 Å². The van der Waals surface area contributed by atoms with E-state index in [-0.39, 0.29) is 17.2 Å². The van der Waals surface area contributed by atoms with Crippen molar-refractivity contribution < 1.29 is 19.1 Å². The quantitative estimate of drug-likeness (QED) is 0.345. The summed E-state index contributed by atoms with van der Waals surface area (Å²) in [5.41, 5.74) is 0.785. The van der Waals surface area contributed by atoms with Crippen molar-refractivity contribution in [3.05, 3.63) is 38.5 Å². The number of carbonyl (C=O) groups excluding carboxylic acids is 2. The molecule has 0 atom stereocenters. The lowest BCUT2D eigenvalue weighted by molar-refractivity contribution is -0.128. The zero-order valence-corrected chi connectivity index (χ0v) is 15.6. The number of thiophene rings is 1. The largest absolute Gasteiger partial charge is 0.346 e. The second kappa shape index (κ2) is 7.24. The van der Waals surface area contributed by atoms with Gasteiger partial charge in [-0.1, -0.05) is 6.08 Å². The summed E-state index contributed by atoms with van der Waals surface area (Å²) in [4.78, 5) is 26.8. The number of hydrogen-bond donors (Lipinski definition) is 1. The topological polar surface area (TPSA) is 67.9 Å². The Hall–Kier alpha value is -1.39. The Morgan fingerprint density at radius 2 is 2.17 bits per heavy atom. The van der Waals surface area contributed by atoms with Gasteiger partial charge in [-0.2, -0.15) is 0 Å². The first kappa shape index (κ1) is 17.4. The zero-order chi connectivity index (χ0) is 17.3. The van der Waals surface area contributed by atoms with Crippen LogP contribution in [0.2, 0.25) is 0 Å². The van der Waals surface area contributed by atoms with E-state index in [9.17, 15) is 9.59 Å². The number of rotatable bonds is 4. The van der Waals surface area contributed by atoms with Crippen LogP contribution in [0.4, 0.5) is 0 Å². The van der Waals surface area contributed by atoms with Crippen LogP contribution >= 0.6 is 39.5 Å². The molecule has 1 aromatic heterocycles. The van der Waals surface area contributed by atoms with Crippen molar-refractivity contribution in [2.75, 3.05) is 19.8 Å². The second-order valence-corrected chi connectivity index (χ2v) is 7.11. The van der Waals surface area contributed by atoms with E-state index in [1.165, 1.54) is 16.2 Å². The first-order valence-electron chi connectivity index (χ1n) is 7.02. The first-order valence-corrected chi connectivity index (χ1v) is 9.11. The van der Waals surface area contributed by atoms with Gasteiger partial charge in [0.05, 0.1) is 13.2 Å². The molecular formula is C15H13BrN2O4S2. The molecule has 2 amide bonds. The van der Waals surface area contributed by atoms with E-state index < -0.39 is 18.1 Å². The lowest BCUT2D eigenvalue weighted by Gasteiger charge is -2.27. The Balaban J connectivity index is 1.98. The van der Waals surface area contributed by atoms with Crippen molar-refractivity contribution in [2.24, 2.45) is 0 Å². The van der Waals surface area contributed by atoms with Crippen LogP contribution in [0.25, 0.3) is 6.08 Å². The predicted octanol–water partition coefficient (Wildman–Crippen LogP) is 2.37. The number of nitrogens with one attached hydrogen (secondary N) is 1. The van der Waals surface area contributed by atoms with Crippen molar-refractivity contribution >= 4 is 62.5 Å². The van der Waals surface area contributed by atoms with Gasteiger partial charge in [-0.25, -0.2) is 0 Å². The number of ether oxygens (including phenoxy) is 2. The molecule has 2 fully saturated rings.